The van der Waals surface area contributed by atoms with Gasteiger partial charge < -0.3 is 19.1 Å². The minimum absolute atomic E-state index is 0.593. The molecule has 0 spiro atoms. The highest BCUT2D eigenvalue weighted by molar-refractivity contribution is 5.54. The molecule has 4 heteroatoms. The van der Waals surface area contributed by atoms with E-state index in [1.807, 2.05) is 26.2 Å². The number of rotatable bonds is 6. The predicted molar refractivity (Wildman–Crippen MR) is 68.1 cm³/mol. The van der Waals surface area contributed by atoms with E-state index in [0.717, 1.165) is 12.1 Å². The number of ether oxygens (including phenoxy) is 3. The van der Waals surface area contributed by atoms with E-state index < -0.39 is 0 Å². The molecule has 0 saturated carbocycles. The number of hydrogen-bond acceptors (Lipinski definition) is 4. The zero-order valence-corrected chi connectivity index (χ0v) is 10.9. The summed E-state index contributed by atoms with van der Waals surface area (Å²) in [6.45, 7) is 5.32. The fourth-order valence-corrected chi connectivity index (χ4v) is 1.43. The lowest BCUT2D eigenvalue weighted by Crippen LogP contribution is -2.19. The summed E-state index contributed by atoms with van der Waals surface area (Å²) in [6.07, 6.45) is 0. The van der Waals surface area contributed by atoms with Crippen LogP contribution in [0.25, 0.3) is 0 Å². The van der Waals surface area contributed by atoms with Crippen LogP contribution in [0.2, 0.25) is 0 Å². The SMILES string of the molecule is [CH2]c1cc(OC)c(OC)c(OCCN(C)C)c1. The molecule has 0 atom stereocenters. The zero-order valence-electron chi connectivity index (χ0n) is 10.9. The van der Waals surface area contributed by atoms with Crippen LogP contribution >= 0.6 is 0 Å². The van der Waals surface area contributed by atoms with Crippen molar-refractivity contribution in [2.45, 2.75) is 0 Å². The third-order valence-electron chi connectivity index (χ3n) is 2.30. The minimum Gasteiger partial charge on any atom is -0.493 e. The van der Waals surface area contributed by atoms with E-state index >= 15 is 0 Å². The van der Waals surface area contributed by atoms with Crippen LogP contribution in [0.15, 0.2) is 12.1 Å². The van der Waals surface area contributed by atoms with Gasteiger partial charge in [-0.3, -0.25) is 0 Å². The molecule has 0 unspecified atom stereocenters. The minimum atomic E-state index is 0.593. The van der Waals surface area contributed by atoms with Crippen LogP contribution < -0.4 is 14.2 Å². The standard InChI is InChI=1S/C13H20NO3/c1-10-8-11(15-4)13(16-5)12(9-10)17-7-6-14(2)3/h8-9H,1,6-7H2,2-5H3. The third-order valence-corrected chi connectivity index (χ3v) is 2.30. The molecule has 0 amide bonds. The quantitative estimate of drug-likeness (QED) is 0.756. The largest absolute Gasteiger partial charge is 0.493 e. The van der Waals surface area contributed by atoms with Crippen LogP contribution in [0.1, 0.15) is 5.56 Å². The van der Waals surface area contributed by atoms with Crippen LogP contribution in [0.3, 0.4) is 0 Å². The molecule has 0 bridgehead atoms. The Morgan fingerprint density at radius 2 is 1.76 bits per heavy atom. The monoisotopic (exact) mass is 238 g/mol. The van der Waals surface area contributed by atoms with E-state index in [-0.39, 0.29) is 0 Å². The van der Waals surface area contributed by atoms with Gasteiger partial charge in [-0.05, 0) is 38.7 Å². The first-order chi connectivity index (χ1) is 8.08. The van der Waals surface area contributed by atoms with Crippen molar-refractivity contribution >= 4 is 0 Å². The number of hydrogen-bond donors (Lipinski definition) is 0. The van der Waals surface area contributed by atoms with Gasteiger partial charge in [-0.1, -0.05) is 0 Å². The van der Waals surface area contributed by atoms with Crippen LogP contribution in [-0.4, -0.2) is 46.4 Å². The summed E-state index contributed by atoms with van der Waals surface area (Å²) < 4.78 is 16.2. The molecule has 0 aliphatic carbocycles. The van der Waals surface area contributed by atoms with Gasteiger partial charge in [0.1, 0.15) is 6.61 Å². The summed E-state index contributed by atoms with van der Waals surface area (Å²) in [5.41, 5.74) is 0.836. The van der Waals surface area contributed by atoms with E-state index in [2.05, 4.69) is 11.8 Å². The Balaban J connectivity index is 2.85. The lowest BCUT2D eigenvalue weighted by atomic mass is 10.2. The number of likely N-dealkylation sites (N-methyl/N-ethyl adjacent to an activating group) is 1. The van der Waals surface area contributed by atoms with Crippen molar-refractivity contribution in [3.05, 3.63) is 24.6 Å². The van der Waals surface area contributed by atoms with Gasteiger partial charge in [-0.25, -0.2) is 0 Å². The topological polar surface area (TPSA) is 30.9 Å². The first-order valence-corrected chi connectivity index (χ1v) is 5.44. The molecule has 0 aliphatic heterocycles. The maximum atomic E-state index is 5.68. The number of methoxy groups -OCH3 is 2. The summed E-state index contributed by atoms with van der Waals surface area (Å²) in [5.74, 6) is 1.91. The third kappa shape index (κ3) is 3.82. The summed E-state index contributed by atoms with van der Waals surface area (Å²) in [5, 5.41) is 0. The molecule has 0 aliphatic rings. The van der Waals surface area contributed by atoms with E-state index in [0.29, 0.717) is 23.9 Å². The van der Waals surface area contributed by atoms with Gasteiger partial charge in [0.05, 0.1) is 14.2 Å². The fraction of sp³-hybridized carbons (Fsp3) is 0.462. The lowest BCUT2D eigenvalue weighted by Gasteiger charge is -2.16. The van der Waals surface area contributed by atoms with Gasteiger partial charge in [-0.15, -0.1) is 0 Å². The molecule has 0 aromatic heterocycles. The smallest absolute Gasteiger partial charge is 0.203 e. The van der Waals surface area contributed by atoms with E-state index in [4.69, 9.17) is 14.2 Å². The average Bonchev–Trinajstić information content (AvgIpc) is 2.27. The van der Waals surface area contributed by atoms with Crippen LogP contribution in [0.4, 0.5) is 0 Å². The van der Waals surface area contributed by atoms with Crippen molar-refractivity contribution in [2.75, 3.05) is 41.5 Å². The maximum absolute atomic E-state index is 5.68. The van der Waals surface area contributed by atoms with Gasteiger partial charge in [0.25, 0.3) is 0 Å². The van der Waals surface area contributed by atoms with Crippen molar-refractivity contribution in [1.29, 1.82) is 0 Å². The Hall–Kier alpha value is -1.42. The molecule has 1 aromatic rings. The van der Waals surface area contributed by atoms with Crippen molar-refractivity contribution in [2.24, 2.45) is 0 Å². The second-order valence-corrected chi connectivity index (χ2v) is 3.98. The van der Waals surface area contributed by atoms with Crippen molar-refractivity contribution < 1.29 is 14.2 Å². The molecule has 0 heterocycles. The van der Waals surface area contributed by atoms with Crippen LogP contribution in [0.5, 0.6) is 17.2 Å². The second kappa shape index (κ2) is 6.35. The van der Waals surface area contributed by atoms with E-state index in [1.165, 1.54) is 0 Å². The van der Waals surface area contributed by atoms with Crippen molar-refractivity contribution in [1.82, 2.24) is 4.90 Å². The molecule has 1 radical (unpaired) electrons. The normalized spacial score (nSPS) is 10.5. The van der Waals surface area contributed by atoms with Gasteiger partial charge in [0.15, 0.2) is 11.5 Å². The molecule has 17 heavy (non-hydrogen) atoms. The number of nitrogens with zero attached hydrogens (tertiary/aromatic N) is 1. The molecular formula is C13H20NO3. The highest BCUT2D eigenvalue weighted by atomic mass is 16.5. The molecule has 1 aromatic carbocycles. The molecule has 0 saturated heterocycles. The van der Waals surface area contributed by atoms with Crippen LogP contribution in [-0.2, 0) is 0 Å². The zero-order chi connectivity index (χ0) is 12.8. The van der Waals surface area contributed by atoms with E-state index in [1.54, 1.807) is 14.2 Å². The van der Waals surface area contributed by atoms with Crippen molar-refractivity contribution in [3.63, 3.8) is 0 Å². The van der Waals surface area contributed by atoms with Gasteiger partial charge in [-0.2, -0.15) is 0 Å². The second-order valence-electron chi connectivity index (χ2n) is 3.98. The summed E-state index contributed by atoms with van der Waals surface area (Å²) >= 11 is 0. The summed E-state index contributed by atoms with van der Waals surface area (Å²) in [7, 11) is 7.19. The lowest BCUT2D eigenvalue weighted by molar-refractivity contribution is 0.246. The molecule has 1 rings (SSSR count). The molecule has 4 nitrogen and oxygen atoms in total. The van der Waals surface area contributed by atoms with Crippen molar-refractivity contribution in [3.8, 4) is 17.2 Å². The predicted octanol–water partition coefficient (Wildman–Crippen LogP) is 1.83. The Kier molecular flexibility index (Phi) is 5.10. The molecular weight excluding hydrogens is 218 g/mol. The first kappa shape index (κ1) is 13.6. The Morgan fingerprint density at radius 3 is 2.29 bits per heavy atom. The van der Waals surface area contributed by atoms with Gasteiger partial charge in [0, 0.05) is 6.54 Å². The maximum Gasteiger partial charge on any atom is 0.203 e. The summed E-state index contributed by atoms with van der Waals surface area (Å²) in [6, 6.07) is 3.66. The van der Waals surface area contributed by atoms with E-state index in [9.17, 15) is 0 Å². The highest BCUT2D eigenvalue weighted by Gasteiger charge is 2.12. The Morgan fingerprint density at radius 1 is 1.12 bits per heavy atom. The summed E-state index contributed by atoms with van der Waals surface area (Å²) in [4.78, 5) is 2.05. The first-order valence-electron chi connectivity index (χ1n) is 5.44. The fourth-order valence-electron chi connectivity index (χ4n) is 1.43. The van der Waals surface area contributed by atoms with Gasteiger partial charge >= 0.3 is 0 Å². The Bertz CT molecular complexity index is 364. The average molecular weight is 238 g/mol. The molecule has 0 N–H and O–H groups in total. The number of benzene rings is 1. The highest BCUT2D eigenvalue weighted by Crippen LogP contribution is 2.38. The molecule has 0 fully saturated rings. The van der Waals surface area contributed by atoms with Gasteiger partial charge in [0.2, 0.25) is 5.75 Å². The van der Waals surface area contributed by atoms with Crippen LogP contribution in [0, 0.1) is 6.92 Å². The Labute approximate surface area is 103 Å². The molecule has 95 valence electrons.